The highest BCUT2D eigenvalue weighted by Gasteiger charge is 2.34. The maximum absolute atomic E-state index is 13.2. The Kier molecular flexibility index (Phi) is 7.02. The van der Waals surface area contributed by atoms with Crippen LogP contribution in [0.15, 0.2) is 41.8 Å². The summed E-state index contributed by atoms with van der Waals surface area (Å²) in [5.41, 5.74) is 0. The van der Waals surface area contributed by atoms with Gasteiger partial charge in [-0.3, -0.25) is 0 Å². The number of nitrogens with zero attached hydrogens (tertiary/aromatic N) is 4. The van der Waals surface area contributed by atoms with Crippen molar-refractivity contribution in [2.45, 2.75) is 62.2 Å². The molecule has 0 amide bonds. The highest BCUT2D eigenvalue weighted by molar-refractivity contribution is 7.89. The minimum Gasteiger partial charge on any atom is -0.493 e. The summed E-state index contributed by atoms with van der Waals surface area (Å²) < 4.78 is 71.6. The van der Waals surface area contributed by atoms with Gasteiger partial charge >= 0.3 is 6.18 Å². The summed E-state index contributed by atoms with van der Waals surface area (Å²) in [5, 5.41) is 7.67. The van der Waals surface area contributed by atoms with E-state index in [4.69, 9.17) is 4.74 Å². The standard InChI is InChI=1S/C19H25F3N4O3S/c1-2-26(16-5-3-4-15(12-16)25-13-23-24-14-25)30(27,28)18-8-6-17(7-9-18)29-11-10-19(20,21)22/h6-9,13-16H,2-5,10-12H2,1H3/t15-,16+/m1/s1. The van der Waals surface area contributed by atoms with Crippen molar-refractivity contribution in [1.82, 2.24) is 19.1 Å². The predicted molar refractivity (Wildman–Crippen MR) is 103 cm³/mol. The monoisotopic (exact) mass is 446 g/mol. The lowest BCUT2D eigenvalue weighted by Crippen LogP contribution is -2.43. The number of halogens is 3. The van der Waals surface area contributed by atoms with Crippen LogP contribution in [0.5, 0.6) is 5.75 Å². The fraction of sp³-hybridized carbons (Fsp3) is 0.579. The van der Waals surface area contributed by atoms with E-state index < -0.39 is 29.2 Å². The minimum absolute atomic E-state index is 0.0962. The summed E-state index contributed by atoms with van der Waals surface area (Å²) in [4.78, 5) is 0.0962. The average Bonchev–Trinajstić information content (AvgIpc) is 3.23. The molecule has 0 spiro atoms. The van der Waals surface area contributed by atoms with Crippen LogP contribution >= 0.6 is 0 Å². The fourth-order valence-corrected chi connectivity index (χ4v) is 5.50. The Morgan fingerprint density at radius 2 is 1.83 bits per heavy atom. The number of hydrogen-bond donors (Lipinski definition) is 0. The first kappa shape index (κ1) is 22.5. The third-order valence-corrected chi connectivity index (χ3v) is 7.32. The third kappa shape index (κ3) is 5.51. The van der Waals surface area contributed by atoms with Crippen LogP contribution in [-0.4, -0.2) is 52.9 Å². The zero-order chi connectivity index (χ0) is 21.8. The van der Waals surface area contributed by atoms with Gasteiger partial charge in [0, 0.05) is 18.6 Å². The quantitative estimate of drug-likeness (QED) is 0.616. The topological polar surface area (TPSA) is 77.3 Å². The molecule has 30 heavy (non-hydrogen) atoms. The summed E-state index contributed by atoms with van der Waals surface area (Å²) in [6.07, 6.45) is 1.21. The molecule has 3 rings (SSSR count). The number of benzene rings is 1. The second kappa shape index (κ2) is 9.34. The molecule has 2 atom stereocenters. The second-order valence-electron chi connectivity index (χ2n) is 7.28. The Morgan fingerprint density at radius 1 is 1.17 bits per heavy atom. The second-order valence-corrected chi connectivity index (χ2v) is 9.17. The van der Waals surface area contributed by atoms with Gasteiger partial charge in [-0.25, -0.2) is 8.42 Å². The molecule has 0 bridgehead atoms. The molecule has 1 aliphatic rings. The van der Waals surface area contributed by atoms with Crippen LogP contribution in [0, 0.1) is 0 Å². The van der Waals surface area contributed by atoms with Gasteiger partial charge in [-0.05, 0) is 49.9 Å². The Morgan fingerprint density at radius 3 is 2.43 bits per heavy atom. The summed E-state index contributed by atoms with van der Waals surface area (Å²) >= 11 is 0. The first-order chi connectivity index (χ1) is 14.2. The van der Waals surface area contributed by atoms with Crippen molar-refractivity contribution < 1.29 is 26.3 Å². The Hall–Kier alpha value is -2.14. The number of sulfonamides is 1. The van der Waals surface area contributed by atoms with Gasteiger partial charge in [0.1, 0.15) is 18.4 Å². The molecular formula is C19H25F3N4O3S. The molecule has 7 nitrogen and oxygen atoms in total. The van der Waals surface area contributed by atoms with Crippen LogP contribution in [0.25, 0.3) is 0 Å². The lowest BCUT2D eigenvalue weighted by molar-refractivity contribution is -0.139. The highest BCUT2D eigenvalue weighted by atomic mass is 32.2. The van der Waals surface area contributed by atoms with Gasteiger partial charge < -0.3 is 9.30 Å². The average molecular weight is 446 g/mol. The number of aromatic nitrogens is 3. The molecule has 2 aromatic rings. The number of alkyl halides is 3. The molecule has 1 aliphatic carbocycles. The Bertz CT molecular complexity index is 902. The summed E-state index contributed by atoms with van der Waals surface area (Å²) in [5.74, 6) is 0.201. The maximum Gasteiger partial charge on any atom is 0.392 e. The molecule has 166 valence electrons. The SMILES string of the molecule is CCN([C@H]1CCC[C@@H](n2cnnc2)C1)S(=O)(=O)c1ccc(OCCC(F)(F)F)cc1. The molecule has 0 unspecified atom stereocenters. The van der Waals surface area contributed by atoms with Gasteiger partial charge in [0.15, 0.2) is 0 Å². The summed E-state index contributed by atoms with van der Waals surface area (Å²) in [7, 11) is -3.75. The van der Waals surface area contributed by atoms with Gasteiger partial charge in [-0.15, -0.1) is 10.2 Å². The zero-order valence-electron chi connectivity index (χ0n) is 16.6. The van der Waals surface area contributed by atoms with Gasteiger partial charge in [-0.1, -0.05) is 6.92 Å². The normalized spacial score (nSPS) is 20.4. The van der Waals surface area contributed by atoms with E-state index in [1.165, 1.54) is 28.6 Å². The van der Waals surface area contributed by atoms with Gasteiger partial charge in [-0.2, -0.15) is 17.5 Å². The van der Waals surface area contributed by atoms with E-state index in [1.54, 1.807) is 19.6 Å². The summed E-state index contributed by atoms with van der Waals surface area (Å²) in [6, 6.07) is 5.52. The van der Waals surface area contributed by atoms with Crippen molar-refractivity contribution in [3.8, 4) is 5.75 Å². The van der Waals surface area contributed by atoms with Gasteiger partial charge in [0.25, 0.3) is 0 Å². The van der Waals surface area contributed by atoms with Gasteiger partial charge in [0.2, 0.25) is 10.0 Å². The first-order valence-electron chi connectivity index (χ1n) is 9.86. The number of hydrogen-bond acceptors (Lipinski definition) is 5. The predicted octanol–water partition coefficient (Wildman–Crippen LogP) is 3.80. The molecular weight excluding hydrogens is 421 g/mol. The van der Waals surface area contributed by atoms with Crippen molar-refractivity contribution in [2.75, 3.05) is 13.2 Å². The fourth-order valence-electron chi connectivity index (χ4n) is 3.82. The molecule has 1 fully saturated rings. The van der Waals surface area contributed by atoms with Crippen LogP contribution in [0.4, 0.5) is 13.2 Å². The zero-order valence-corrected chi connectivity index (χ0v) is 17.4. The van der Waals surface area contributed by atoms with Crippen LogP contribution in [0.1, 0.15) is 45.1 Å². The molecule has 0 aliphatic heterocycles. The van der Waals surface area contributed by atoms with Crippen molar-refractivity contribution in [2.24, 2.45) is 0 Å². The van der Waals surface area contributed by atoms with E-state index in [2.05, 4.69) is 10.2 Å². The van der Waals surface area contributed by atoms with Crippen LogP contribution < -0.4 is 4.74 Å². The van der Waals surface area contributed by atoms with E-state index in [0.29, 0.717) is 13.0 Å². The third-order valence-electron chi connectivity index (χ3n) is 5.28. The van der Waals surface area contributed by atoms with Crippen molar-refractivity contribution in [3.05, 3.63) is 36.9 Å². The van der Waals surface area contributed by atoms with Gasteiger partial charge in [0.05, 0.1) is 17.9 Å². The molecule has 0 radical (unpaired) electrons. The molecule has 0 N–H and O–H groups in total. The first-order valence-corrected chi connectivity index (χ1v) is 11.3. The van der Waals surface area contributed by atoms with E-state index in [1.807, 2.05) is 4.57 Å². The smallest absolute Gasteiger partial charge is 0.392 e. The van der Waals surface area contributed by atoms with E-state index in [9.17, 15) is 21.6 Å². The van der Waals surface area contributed by atoms with Crippen LogP contribution in [0.3, 0.4) is 0 Å². The van der Waals surface area contributed by atoms with Crippen LogP contribution in [-0.2, 0) is 10.0 Å². The molecule has 1 aromatic heterocycles. The van der Waals surface area contributed by atoms with Crippen molar-refractivity contribution >= 4 is 10.0 Å². The molecule has 1 aromatic carbocycles. The molecule has 0 saturated heterocycles. The van der Waals surface area contributed by atoms with E-state index >= 15 is 0 Å². The van der Waals surface area contributed by atoms with E-state index in [-0.39, 0.29) is 22.7 Å². The molecule has 1 saturated carbocycles. The van der Waals surface area contributed by atoms with Crippen molar-refractivity contribution in [3.63, 3.8) is 0 Å². The molecule has 11 heteroatoms. The molecule has 1 heterocycles. The summed E-state index contributed by atoms with van der Waals surface area (Å²) in [6.45, 7) is 1.61. The number of rotatable bonds is 8. The Labute approximate surface area is 173 Å². The highest BCUT2D eigenvalue weighted by Crippen LogP contribution is 2.34. The largest absolute Gasteiger partial charge is 0.493 e. The lowest BCUT2D eigenvalue weighted by Gasteiger charge is -2.36. The number of ether oxygens (including phenoxy) is 1. The Balaban J connectivity index is 1.69. The van der Waals surface area contributed by atoms with E-state index in [0.717, 1.165) is 19.3 Å². The van der Waals surface area contributed by atoms with Crippen molar-refractivity contribution in [1.29, 1.82) is 0 Å². The minimum atomic E-state index is -4.30. The maximum atomic E-state index is 13.2. The van der Waals surface area contributed by atoms with Crippen LogP contribution in [0.2, 0.25) is 0 Å². The lowest BCUT2D eigenvalue weighted by atomic mass is 9.91.